The highest BCUT2D eigenvalue weighted by atomic mass is 79.9. The molecule has 1 heterocycles. The van der Waals surface area contributed by atoms with Crippen LogP contribution in [0.5, 0.6) is 5.75 Å². The van der Waals surface area contributed by atoms with Crippen molar-refractivity contribution in [2.24, 2.45) is 0 Å². The Morgan fingerprint density at radius 3 is 2.86 bits per heavy atom. The van der Waals surface area contributed by atoms with E-state index in [1.807, 2.05) is 24.3 Å². The Labute approximate surface area is 131 Å². The van der Waals surface area contributed by atoms with E-state index in [0.717, 1.165) is 22.1 Å². The van der Waals surface area contributed by atoms with Gasteiger partial charge in [-0.1, -0.05) is 22.0 Å². The van der Waals surface area contributed by atoms with E-state index in [0.29, 0.717) is 23.5 Å². The van der Waals surface area contributed by atoms with Gasteiger partial charge in [0.05, 0.1) is 12.7 Å². The zero-order valence-corrected chi connectivity index (χ0v) is 13.2. The number of methoxy groups -OCH3 is 1. The smallest absolute Gasteiger partial charge is 0.262 e. The van der Waals surface area contributed by atoms with Crippen molar-refractivity contribution in [1.82, 2.24) is 0 Å². The van der Waals surface area contributed by atoms with Crippen LogP contribution in [-0.2, 0) is 6.42 Å². The summed E-state index contributed by atoms with van der Waals surface area (Å²) in [6.45, 7) is 0.664. The van der Waals surface area contributed by atoms with Crippen molar-refractivity contribution in [3.8, 4) is 5.75 Å². The first-order valence-corrected chi connectivity index (χ1v) is 7.43. The number of carbonyl (C=O) groups excluding carboxylic acids is 1. The largest absolute Gasteiger partial charge is 0.496 e. The molecule has 0 radical (unpaired) electrons. The summed E-state index contributed by atoms with van der Waals surface area (Å²) in [4.78, 5) is 14.6. The van der Waals surface area contributed by atoms with E-state index in [1.54, 1.807) is 24.1 Å². The summed E-state index contributed by atoms with van der Waals surface area (Å²) in [5.74, 6) is 0.496. The van der Waals surface area contributed by atoms with Crippen molar-refractivity contribution < 1.29 is 9.53 Å². The van der Waals surface area contributed by atoms with E-state index < -0.39 is 0 Å². The lowest BCUT2D eigenvalue weighted by atomic mass is 10.1. The molecule has 108 valence electrons. The molecule has 2 aromatic rings. The molecule has 1 amide bonds. The summed E-state index contributed by atoms with van der Waals surface area (Å²) in [5.41, 5.74) is 9.09. The van der Waals surface area contributed by atoms with Crippen LogP contribution in [0.4, 0.5) is 11.4 Å². The normalized spacial score (nSPS) is 13.1. The summed E-state index contributed by atoms with van der Waals surface area (Å²) in [6, 6.07) is 11.1. The molecule has 4 nitrogen and oxygen atoms in total. The quantitative estimate of drug-likeness (QED) is 0.849. The SMILES string of the molecule is COc1cc(Br)ccc1C(=O)N1CCc2ccc(N)cc21. The predicted octanol–water partition coefficient (Wildman–Crippen LogP) is 3.24. The first-order valence-electron chi connectivity index (χ1n) is 6.64. The fourth-order valence-corrected chi connectivity index (χ4v) is 2.93. The zero-order chi connectivity index (χ0) is 15.0. The van der Waals surface area contributed by atoms with Crippen molar-refractivity contribution in [3.05, 3.63) is 52.0 Å². The number of nitrogens with zero attached hydrogens (tertiary/aromatic N) is 1. The number of rotatable bonds is 2. The number of hydrogen-bond acceptors (Lipinski definition) is 3. The highest BCUT2D eigenvalue weighted by Gasteiger charge is 2.27. The van der Waals surface area contributed by atoms with Gasteiger partial charge in [-0.25, -0.2) is 0 Å². The van der Waals surface area contributed by atoms with Gasteiger partial charge in [0.15, 0.2) is 0 Å². The average Bonchev–Trinajstić information content (AvgIpc) is 2.89. The lowest BCUT2D eigenvalue weighted by molar-refractivity contribution is 0.0986. The molecule has 0 unspecified atom stereocenters. The maximum Gasteiger partial charge on any atom is 0.262 e. The topological polar surface area (TPSA) is 55.6 Å². The minimum atomic E-state index is -0.0660. The zero-order valence-electron chi connectivity index (χ0n) is 11.6. The molecule has 0 fully saturated rings. The number of benzene rings is 2. The van der Waals surface area contributed by atoms with Gasteiger partial charge in [0.2, 0.25) is 0 Å². The van der Waals surface area contributed by atoms with Gasteiger partial charge >= 0.3 is 0 Å². The van der Waals surface area contributed by atoms with E-state index in [-0.39, 0.29) is 5.91 Å². The number of halogens is 1. The average molecular weight is 347 g/mol. The predicted molar refractivity (Wildman–Crippen MR) is 86.9 cm³/mol. The van der Waals surface area contributed by atoms with Gasteiger partial charge in [0.1, 0.15) is 5.75 Å². The van der Waals surface area contributed by atoms with E-state index >= 15 is 0 Å². The molecule has 1 aliphatic rings. The Balaban J connectivity index is 2.00. The lowest BCUT2D eigenvalue weighted by Gasteiger charge is -2.19. The van der Waals surface area contributed by atoms with E-state index in [2.05, 4.69) is 15.9 Å². The number of anilines is 2. The number of fused-ring (bicyclic) bond motifs is 1. The molecule has 21 heavy (non-hydrogen) atoms. The molecule has 0 aliphatic carbocycles. The molecule has 0 spiro atoms. The third-order valence-corrected chi connectivity index (χ3v) is 4.14. The van der Waals surface area contributed by atoms with Crippen LogP contribution in [0.15, 0.2) is 40.9 Å². The minimum Gasteiger partial charge on any atom is -0.496 e. The fourth-order valence-electron chi connectivity index (χ4n) is 2.59. The number of hydrogen-bond donors (Lipinski definition) is 1. The first kappa shape index (κ1) is 13.9. The van der Waals surface area contributed by atoms with Crippen LogP contribution in [0.1, 0.15) is 15.9 Å². The second-order valence-corrected chi connectivity index (χ2v) is 5.86. The van der Waals surface area contributed by atoms with Crippen molar-refractivity contribution in [2.45, 2.75) is 6.42 Å². The molecule has 5 heteroatoms. The summed E-state index contributed by atoms with van der Waals surface area (Å²) in [7, 11) is 1.56. The van der Waals surface area contributed by atoms with Crippen molar-refractivity contribution in [1.29, 1.82) is 0 Å². The molecule has 2 aromatic carbocycles. The van der Waals surface area contributed by atoms with Crippen LogP contribution in [0.25, 0.3) is 0 Å². The van der Waals surface area contributed by atoms with Crippen LogP contribution >= 0.6 is 15.9 Å². The van der Waals surface area contributed by atoms with Gasteiger partial charge in [-0.2, -0.15) is 0 Å². The van der Waals surface area contributed by atoms with E-state index in [9.17, 15) is 4.79 Å². The molecule has 0 saturated heterocycles. The highest BCUT2D eigenvalue weighted by molar-refractivity contribution is 9.10. The number of ether oxygens (including phenoxy) is 1. The van der Waals surface area contributed by atoms with Gasteiger partial charge in [0, 0.05) is 22.4 Å². The summed E-state index contributed by atoms with van der Waals surface area (Å²) >= 11 is 3.38. The van der Waals surface area contributed by atoms with Gasteiger partial charge in [-0.05, 0) is 42.3 Å². The maximum absolute atomic E-state index is 12.8. The number of nitrogen functional groups attached to an aromatic ring is 1. The van der Waals surface area contributed by atoms with Crippen LogP contribution in [0.3, 0.4) is 0 Å². The summed E-state index contributed by atoms with van der Waals surface area (Å²) in [5, 5.41) is 0. The molecular weight excluding hydrogens is 332 g/mol. The monoisotopic (exact) mass is 346 g/mol. The molecule has 1 aliphatic heterocycles. The summed E-state index contributed by atoms with van der Waals surface area (Å²) < 4.78 is 6.19. The van der Waals surface area contributed by atoms with Gasteiger partial charge in [-0.15, -0.1) is 0 Å². The Kier molecular flexibility index (Phi) is 3.59. The van der Waals surface area contributed by atoms with Crippen LogP contribution in [0, 0.1) is 0 Å². The van der Waals surface area contributed by atoms with Crippen LogP contribution in [0.2, 0.25) is 0 Å². The van der Waals surface area contributed by atoms with Gasteiger partial charge in [-0.3, -0.25) is 4.79 Å². The van der Waals surface area contributed by atoms with Crippen LogP contribution < -0.4 is 15.4 Å². The standard InChI is InChI=1S/C16H15BrN2O2/c1-21-15-8-11(17)3-5-13(15)16(20)19-7-6-10-2-4-12(18)9-14(10)19/h2-5,8-9H,6-7,18H2,1H3. The van der Waals surface area contributed by atoms with E-state index in [4.69, 9.17) is 10.5 Å². The maximum atomic E-state index is 12.8. The summed E-state index contributed by atoms with van der Waals surface area (Å²) in [6.07, 6.45) is 0.847. The molecule has 2 N–H and O–H groups in total. The first-order chi connectivity index (χ1) is 10.1. The molecular formula is C16H15BrN2O2. The van der Waals surface area contributed by atoms with Crippen molar-refractivity contribution in [3.63, 3.8) is 0 Å². The molecule has 3 rings (SSSR count). The Morgan fingerprint density at radius 1 is 1.29 bits per heavy atom. The third-order valence-electron chi connectivity index (χ3n) is 3.64. The van der Waals surface area contributed by atoms with Gasteiger partial charge < -0.3 is 15.4 Å². The Bertz CT molecular complexity index is 715. The highest BCUT2D eigenvalue weighted by Crippen LogP contribution is 2.33. The number of carbonyl (C=O) groups is 1. The number of amides is 1. The number of nitrogens with two attached hydrogens (primary N) is 1. The lowest BCUT2D eigenvalue weighted by Crippen LogP contribution is -2.29. The van der Waals surface area contributed by atoms with E-state index in [1.165, 1.54) is 0 Å². The molecule has 0 bridgehead atoms. The Morgan fingerprint density at radius 2 is 2.10 bits per heavy atom. The molecule has 0 aromatic heterocycles. The third kappa shape index (κ3) is 2.49. The van der Waals surface area contributed by atoms with Gasteiger partial charge in [0.25, 0.3) is 5.91 Å². The Hall–Kier alpha value is -2.01. The second kappa shape index (κ2) is 5.41. The molecule has 0 saturated carbocycles. The fraction of sp³-hybridized carbons (Fsp3) is 0.188. The minimum absolute atomic E-state index is 0.0660. The molecule has 0 atom stereocenters. The van der Waals surface area contributed by atoms with Crippen molar-refractivity contribution in [2.75, 3.05) is 24.3 Å². The second-order valence-electron chi connectivity index (χ2n) is 4.94. The van der Waals surface area contributed by atoms with Crippen LogP contribution in [-0.4, -0.2) is 19.6 Å². The van der Waals surface area contributed by atoms with Crippen molar-refractivity contribution >= 4 is 33.2 Å².